The molecule has 0 radical (unpaired) electrons. The van der Waals surface area contributed by atoms with Gasteiger partial charge in [-0.1, -0.05) is 6.92 Å². The van der Waals surface area contributed by atoms with Crippen molar-refractivity contribution in [3.8, 4) is 0 Å². The normalized spacial score (nSPS) is 23.1. The Morgan fingerprint density at radius 1 is 1.33 bits per heavy atom. The molecule has 2 heterocycles. The van der Waals surface area contributed by atoms with Crippen LogP contribution in [-0.2, 0) is 13.0 Å². The minimum Gasteiger partial charge on any atom is -0.312 e. The van der Waals surface area contributed by atoms with Crippen molar-refractivity contribution in [2.45, 2.75) is 45.3 Å². The number of nitrogens with zero attached hydrogens (tertiary/aromatic N) is 4. The van der Waals surface area contributed by atoms with Gasteiger partial charge in [0.1, 0.15) is 0 Å². The molecule has 0 spiro atoms. The van der Waals surface area contributed by atoms with Crippen LogP contribution in [0.4, 0.5) is 0 Å². The first-order valence-electron chi connectivity index (χ1n) is 8.27. The topological polar surface area (TPSA) is 36.3 Å². The fourth-order valence-electron chi connectivity index (χ4n) is 3.29. The Labute approximate surface area is 129 Å². The van der Waals surface area contributed by atoms with Crippen molar-refractivity contribution >= 4 is 0 Å². The predicted octanol–water partition coefficient (Wildman–Crippen LogP) is 1.06. The molecule has 5 nitrogen and oxygen atoms in total. The van der Waals surface area contributed by atoms with Crippen LogP contribution < -0.4 is 5.32 Å². The molecular weight excluding hydrogens is 262 g/mol. The number of aryl methyl sites for hydroxylation is 1. The maximum atomic E-state index is 4.41. The zero-order chi connectivity index (χ0) is 15.2. The Hall–Kier alpha value is -0.910. The van der Waals surface area contributed by atoms with E-state index in [2.05, 4.69) is 54.4 Å². The van der Waals surface area contributed by atoms with E-state index in [0.717, 1.165) is 26.1 Å². The molecule has 0 amide bonds. The van der Waals surface area contributed by atoms with Crippen LogP contribution in [0.5, 0.6) is 0 Å². The number of hydrogen-bond donors (Lipinski definition) is 1. The van der Waals surface area contributed by atoms with Crippen molar-refractivity contribution < 1.29 is 0 Å². The first-order valence-corrected chi connectivity index (χ1v) is 8.27. The molecule has 2 rings (SSSR count). The SMILES string of the molecule is CCNC(Cc1cnn(CC)c1)C1CN(C)CCCN1C. The monoisotopic (exact) mass is 293 g/mol. The van der Waals surface area contributed by atoms with Crippen LogP contribution in [0.25, 0.3) is 0 Å². The lowest BCUT2D eigenvalue weighted by atomic mass is 9.99. The summed E-state index contributed by atoms with van der Waals surface area (Å²) in [5, 5.41) is 8.11. The predicted molar refractivity (Wildman–Crippen MR) is 87.6 cm³/mol. The van der Waals surface area contributed by atoms with Crippen LogP contribution in [-0.4, -0.2) is 71.9 Å². The van der Waals surface area contributed by atoms with E-state index >= 15 is 0 Å². The number of aromatic nitrogens is 2. The number of nitrogens with one attached hydrogen (secondary N) is 1. The Bertz CT molecular complexity index is 417. The van der Waals surface area contributed by atoms with Crippen molar-refractivity contribution in [3.05, 3.63) is 18.0 Å². The van der Waals surface area contributed by atoms with Gasteiger partial charge in [-0.25, -0.2) is 0 Å². The molecule has 2 atom stereocenters. The van der Waals surface area contributed by atoms with Crippen LogP contribution in [0.1, 0.15) is 25.8 Å². The van der Waals surface area contributed by atoms with Crippen LogP contribution in [0.3, 0.4) is 0 Å². The first kappa shape index (κ1) is 16.5. The largest absolute Gasteiger partial charge is 0.312 e. The van der Waals surface area contributed by atoms with Gasteiger partial charge in [0.25, 0.3) is 0 Å². The number of hydrogen-bond acceptors (Lipinski definition) is 4. The Morgan fingerprint density at radius 2 is 2.14 bits per heavy atom. The molecule has 1 aromatic rings. The van der Waals surface area contributed by atoms with E-state index in [1.807, 2.05) is 10.9 Å². The van der Waals surface area contributed by atoms with Gasteiger partial charge in [-0.3, -0.25) is 4.68 Å². The highest BCUT2D eigenvalue weighted by Crippen LogP contribution is 2.14. The van der Waals surface area contributed by atoms with E-state index < -0.39 is 0 Å². The molecule has 2 unspecified atom stereocenters. The van der Waals surface area contributed by atoms with Crippen molar-refractivity contribution in [3.63, 3.8) is 0 Å². The number of likely N-dealkylation sites (N-methyl/N-ethyl adjacent to an activating group) is 3. The van der Waals surface area contributed by atoms with Gasteiger partial charge in [-0.05, 0) is 59.1 Å². The Kier molecular flexibility index (Phi) is 6.21. The second-order valence-electron chi connectivity index (χ2n) is 6.24. The van der Waals surface area contributed by atoms with Gasteiger partial charge >= 0.3 is 0 Å². The second-order valence-corrected chi connectivity index (χ2v) is 6.24. The van der Waals surface area contributed by atoms with E-state index in [1.54, 1.807) is 0 Å². The first-order chi connectivity index (χ1) is 10.1. The van der Waals surface area contributed by atoms with Crippen molar-refractivity contribution in [2.75, 3.05) is 40.3 Å². The van der Waals surface area contributed by atoms with Crippen LogP contribution in [0, 0.1) is 0 Å². The van der Waals surface area contributed by atoms with Gasteiger partial charge in [0.05, 0.1) is 6.20 Å². The third kappa shape index (κ3) is 4.53. The van der Waals surface area contributed by atoms with Crippen LogP contribution in [0.15, 0.2) is 12.4 Å². The molecule has 1 N–H and O–H groups in total. The van der Waals surface area contributed by atoms with Gasteiger partial charge in [0, 0.05) is 31.4 Å². The summed E-state index contributed by atoms with van der Waals surface area (Å²) in [7, 11) is 4.51. The highest BCUT2D eigenvalue weighted by Gasteiger charge is 2.28. The lowest BCUT2D eigenvalue weighted by molar-refractivity contribution is 0.178. The summed E-state index contributed by atoms with van der Waals surface area (Å²) >= 11 is 0. The minimum atomic E-state index is 0.482. The molecular formula is C16H31N5. The maximum absolute atomic E-state index is 4.41. The smallest absolute Gasteiger partial charge is 0.0522 e. The summed E-state index contributed by atoms with van der Waals surface area (Å²) in [5.74, 6) is 0. The molecule has 1 saturated heterocycles. The van der Waals surface area contributed by atoms with Crippen LogP contribution >= 0.6 is 0 Å². The molecule has 0 aliphatic carbocycles. The number of rotatable bonds is 6. The fourth-order valence-corrected chi connectivity index (χ4v) is 3.29. The van der Waals surface area contributed by atoms with E-state index in [9.17, 15) is 0 Å². The summed E-state index contributed by atoms with van der Waals surface area (Å²) in [6.45, 7) is 9.81. The standard InChI is InChI=1S/C16H31N5/c1-5-17-15(10-14-11-18-21(6-2)12-14)16-13-19(3)8-7-9-20(16)4/h11-12,15-17H,5-10,13H2,1-4H3. The van der Waals surface area contributed by atoms with E-state index in [1.165, 1.54) is 25.1 Å². The van der Waals surface area contributed by atoms with Gasteiger partial charge in [-0.2, -0.15) is 5.10 Å². The van der Waals surface area contributed by atoms with E-state index in [0.29, 0.717) is 12.1 Å². The van der Waals surface area contributed by atoms with E-state index in [-0.39, 0.29) is 0 Å². The van der Waals surface area contributed by atoms with Crippen molar-refractivity contribution in [2.24, 2.45) is 0 Å². The zero-order valence-corrected chi connectivity index (χ0v) is 14.0. The van der Waals surface area contributed by atoms with Gasteiger partial charge in [0.15, 0.2) is 0 Å². The third-order valence-corrected chi connectivity index (χ3v) is 4.51. The van der Waals surface area contributed by atoms with Crippen LogP contribution in [0.2, 0.25) is 0 Å². The quantitative estimate of drug-likeness (QED) is 0.851. The molecule has 0 aromatic carbocycles. The lowest BCUT2D eigenvalue weighted by Crippen LogP contribution is -2.53. The van der Waals surface area contributed by atoms with E-state index in [4.69, 9.17) is 0 Å². The third-order valence-electron chi connectivity index (χ3n) is 4.51. The maximum Gasteiger partial charge on any atom is 0.0522 e. The molecule has 1 aromatic heterocycles. The van der Waals surface area contributed by atoms with Gasteiger partial charge < -0.3 is 15.1 Å². The fraction of sp³-hybridized carbons (Fsp3) is 0.812. The second kappa shape index (κ2) is 7.92. The van der Waals surface area contributed by atoms with Crippen molar-refractivity contribution in [1.29, 1.82) is 0 Å². The molecule has 120 valence electrons. The van der Waals surface area contributed by atoms with Gasteiger partial charge in [0.2, 0.25) is 0 Å². The molecule has 0 bridgehead atoms. The Balaban J connectivity index is 2.08. The average molecular weight is 293 g/mol. The molecule has 1 fully saturated rings. The zero-order valence-electron chi connectivity index (χ0n) is 14.0. The summed E-state index contributed by atoms with van der Waals surface area (Å²) in [5.41, 5.74) is 1.34. The Morgan fingerprint density at radius 3 is 2.81 bits per heavy atom. The summed E-state index contributed by atoms with van der Waals surface area (Å²) in [4.78, 5) is 5.00. The summed E-state index contributed by atoms with van der Waals surface area (Å²) in [6, 6.07) is 1.04. The summed E-state index contributed by atoms with van der Waals surface area (Å²) in [6.07, 6.45) is 6.52. The molecule has 1 aliphatic rings. The highest BCUT2D eigenvalue weighted by atomic mass is 15.3. The summed E-state index contributed by atoms with van der Waals surface area (Å²) < 4.78 is 2.02. The van der Waals surface area contributed by atoms with Gasteiger partial charge in [-0.15, -0.1) is 0 Å². The molecule has 21 heavy (non-hydrogen) atoms. The van der Waals surface area contributed by atoms with Crippen molar-refractivity contribution in [1.82, 2.24) is 24.9 Å². The molecule has 1 aliphatic heterocycles. The average Bonchev–Trinajstić information content (AvgIpc) is 2.84. The minimum absolute atomic E-state index is 0.482. The molecule has 5 heteroatoms. The lowest BCUT2D eigenvalue weighted by Gasteiger charge is -2.35. The highest BCUT2D eigenvalue weighted by molar-refractivity contribution is 5.08. The molecule has 0 saturated carbocycles.